The quantitative estimate of drug-likeness (QED) is 0.614. The number of carbonyl (C=O) groups is 1. The standard InChI is InChI=1S/C19H17Cl2N3O2/c1-3-24(19(25)15-8-7-14(20)10-16(15)21)11-17-22-18(23-26-17)13-6-4-5-12(2)9-13/h4-10H,3,11H2,1-2H3. The average Bonchev–Trinajstić information content (AvgIpc) is 3.08. The molecule has 0 radical (unpaired) electrons. The zero-order chi connectivity index (χ0) is 18.7. The van der Waals surface area contributed by atoms with Gasteiger partial charge in [0.1, 0.15) is 6.54 Å². The van der Waals surface area contributed by atoms with E-state index in [-0.39, 0.29) is 12.5 Å². The van der Waals surface area contributed by atoms with E-state index in [1.165, 1.54) is 0 Å². The van der Waals surface area contributed by atoms with E-state index in [0.717, 1.165) is 11.1 Å². The molecule has 7 heteroatoms. The number of carbonyl (C=O) groups excluding carboxylic acids is 1. The van der Waals surface area contributed by atoms with Crippen molar-refractivity contribution in [3.63, 3.8) is 0 Å². The second-order valence-corrected chi connectivity index (χ2v) is 6.67. The third-order valence-electron chi connectivity index (χ3n) is 3.90. The lowest BCUT2D eigenvalue weighted by Gasteiger charge is -2.19. The van der Waals surface area contributed by atoms with Crippen LogP contribution in [0.4, 0.5) is 0 Å². The van der Waals surface area contributed by atoms with E-state index in [0.29, 0.717) is 33.9 Å². The Labute approximate surface area is 161 Å². The number of halogens is 2. The number of hydrogen-bond donors (Lipinski definition) is 0. The predicted octanol–water partition coefficient (Wildman–Crippen LogP) is 5.01. The molecular weight excluding hydrogens is 373 g/mol. The van der Waals surface area contributed by atoms with Crippen molar-refractivity contribution in [3.05, 3.63) is 69.5 Å². The van der Waals surface area contributed by atoms with Crippen LogP contribution in [0.1, 0.15) is 28.7 Å². The van der Waals surface area contributed by atoms with Crippen LogP contribution in [-0.2, 0) is 6.54 Å². The summed E-state index contributed by atoms with van der Waals surface area (Å²) in [5.74, 6) is 0.642. The molecule has 26 heavy (non-hydrogen) atoms. The monoisotopic (exact) mass is 389 g/mol. The molecule has 3 rings (SSSR count). The maximum absolute atomic E-state index is 12.7. The maximum Gasteiger partial charge on any atom is 0.255 e. The molecule has 0 atom stereocenters. The zero-order valence-corrected chi connectivity index (χ0v) is 15.9. The molecule has 1 heterocycles. The van der Waals surface area contributed by atoms with Crippen molar-refractivity contribution in [1.29, 1.82) is 0 Å². The smallest absolute Gasteiger partial charge is 0.255 e. The van der Waals surface area contributed by atoms with Crippen LogP contribution in [0.2, 0.25) is 10.0 Å². The van der Waals surface area contributed by atoms with Crippen molar-refractivity contribution in [2.75, 3.05) is 6.54 Å². The molecule has 134 valence electrons. The maximum atomic E-state index is 12.7. The fourth-order valence-electron chi connectivity index (χ4n) is 2.54. The molecule has 0 bridgehead atoms. The van der Waals surface area contributed by atoms with E-state index in [1.807, 2.05) is 38.1 Å². The summed E-state index contributed by atoms with van der Waals surface area (Å²) < 4.78 is 5.32. The summed E-state index contributed by atoms with van der Waals surface area (Å²) in [5, 5.41) is 4.80. The Hall–Kier alpha value is -2.37. The van der Waals surface area contributed by atoms with Crippen LogP contribution in [0.3, 0.4) is 0 Å². The van der Waals surface area contributed by atoms with E-state index >= 15 is 0 Å². The molecule has 1 amide bonds. The third-order valence-corrected chi connectivity index (χ3v) is 4.45. The molecule has 1 aromatic heterocycles. The Morgan fingerprint density at radius 2 is 2.00 bits per heavy atom. The lowest BCUT2D eigenvalue weighted by molar-refractivity contribution is 0.0734. The Bertz CT molecular complexity index is 940. The van der Waals surface area contributed by atoms with Crippen molar-refractivity contribution >= 4 is 29.1 Å². The molecule has 0 fully saturated rings. The van der Waals surface area contributed by atoms with Gasteiger partial charge in [-0.1, -0.05) is 52.1 Å². The summed E-state index contributed by atoms with van der Waals surface area (Å²) in [6.45, 7) is 4.55. The summed E-state index contributed by atoms with van der Waals surface area (Å²) in [4.78, 5) is 18.7. The van der Waals surface area contributed by atoms with Gasteiger partial charge in [0, 0.05) is 17.1 Å². The highest BCUT2D eigenvalue weighted by Gasteiger charge is 2.20. The van der Waals surface area contributed by atoms with Gasteiger partial charge < -0.3 is 9.42 Å². The van der Waals surface area contributed by atoms with Gasteiger partial charge >= 0.3 is 0 Å². The van der Waals surface area contributed by atoms with Crippen molar-refractivity contribution < 1.29 is 9.32 Å². The first kappa shape index (κ1) is 18.4. The van der Waals surface area contributed by atoms with Crippen LogP contribution in [0, 0.1) is 6.92 Å². The van der Waals surface area contributed by atoms with Crippen molar-refractivity contribution in [1.82, 2.24) is 15.0 Å². The number of rotatable bonds is 5. The summed E-state index contributed by atoms with van der Waals surface area (Å²) in [6, 6.07) is 12.6. The highest BCUT2D eigenvalue weighted by atomic mass is 35.5. The van der Waals surface area contributed by atoms with Crippen LogP contribution >= 0.6 is 23.2 Å². The summed E-state index contributed by atoms with van der Waals surface area (Å²) in [7, 11) is 0. The summed E-state index contributed by atoms with van der Waals surface area (Å²) in [6.07, 6.45) is 0. The molecule has 0 saturated heterocycles. The molecule has 5 nitrogen and oxygen atoms in total. The third kappa shape index (κ3) is 4.06. The predicted molar refractivity (Wildman–Crippen MR) is 101 cm³/mol. The highest BCUT2D eigenvalue weighted by molar-refractivity contribution is 6.36. The summed E-state index contributed by atoms with van der Waals surface area (Å²) in [5.41, 5.74) is 2.36. The minimum atomic E-state index is -0.218. The minimum Gasteiger partial charge on any atom is -0.337 e. The number of hydrogen-bond acceptors (Lipinski definition) is 4. The van der Waals surface area contributed by atoms with Gasteiger partial charge in [-0.2, -0.15) is 4.98 Å². The lowest BCUT2D eigenvalue weighted by Crippen LogP contribution is -2.30. The van der Waals surface area contributed by atoms with Crippen LogP contribution < -0.4 is 0 Å². The topological polar surface area (TPSA) is 59.2 Å². The van der Waals surface area contributed by atoms with Crippen LogP contribution in [0.15, 0.2) is 47.0 Å². The Morgan fingerprint density at radius 3 is 2.69 bits per heavy atom. The molecular formula is C19H17Cl2N3O2. The van der Waals surface area contributed by atoms with Gasteiger partial charge in [0.2, 0.25) is 11.7 Å². The molecule has 0 aliphatic carbocycles. The minimum absolute atomic E-state index is 0.201. The van der Waals surface area contributed by atoms with E-state index in [2.05, 4.69) is 10.1 Å². The van der Waals surface area contributed by atoms with Crippen LogP contribution in [-0.4, -0.2) is 27.5 Å². The number of aryl methyl sites for hydroxylation is 1. The second-order valence-electron chi connectivity index (χ2n) is 5.82. The van der Waals surface area contributed by atoms with Crippen molar-refractivity contribution in [2.24, 2.45) is 0 Å². The molecule has 0 aliphatic heterocycles. The molecule has 0 aliphatic rings. The van der Waals surface area contributed by atoms with Crippen LogP contribution in [0.5, 0.6) is 0 Å². The molecule has 0 N–H and O–H groups in total. The first-order valence-corrected chi connectivity index (χ1v) is 8.87. The Balaban J connectivity index is 1.79. The Kier molecular flexibility index (Phi) is 5.59. The van der Waals surface area contributed by atoms with Gasteiger partial charge in [-0.15, -0.1) is 0 Å². The van der Waals surface area contributed by atoms with E-state index in [9.17, 15) is 4.79 Å². The molecule has 2 aromatic carbocycles. The van der Waals surface area contributed by atoms with Crippen LogP contribution in [0.25, 0.3) is 11.4 Å². The van der Waals surface area contributed by atoms with E-state index in [1.54, 1.807) is 23.1 Å². The average molecular weight is 390 g/mol. The van der Waals surface area contributed by atoms with Gasteiger partial charge in [-0.3, -0.25) is 4.79 Å². The number of aromatic nitrogens is 2. The molecule has 3 aromatic rings. The number of amides is 1. The second kappa shape index (κ2) is 7.89. The molecule has 0 unspecified atom stereocenters. The molecule has 0 spiro atoms. The van der Waals surface area contributed by atoms with Gasteiger partial charge in [0.05, 0.1) is 10.6 Å². The van der Waals surface area contributed by atoms with Gasteiger partial charge in [0.15, 0.2) is 0 Å². The SMILES string of the molecule is CCN(Cc1nc(-c2cccc(C)c2)no1)C(=O)c1ccc(Cl)cc1Cl. The first-order chi connectivity index (χ1) is 12.5. The van der Waals surface area contributed by atoms with Crippen molar-refractivity contribution in [3.8, 4) is 11.4 Å². The fourth-order valence-corrected chi connectivity index (χ4v) is 3.03. The summed E-state index contributed by atoms with van der Waals surface area (Å²) >= 11 is 12.0. The lowest BCUT2D eigenvalue weighted by atomic mass is 10.1. The molecule has 0 saturated carbocycles. The van der Waals surface area contributed by atoms with Gasteiger partial charge in [-0.25, -0.2) is 0 Å². The first-order valence-electron chi connectivity index (χ1n) is 8.12. The normalized spacial score (nSPS) is 10.8. The van der Waals surface area contributed by atoms with Gasteiger partial charge in [0.25, 0.3) is 5.91 Å². The zero-order valence-electron chi connectivity index (χ0n) is 14.4. The Morgan fingerprint density at radius 1 is 1.19 bits per heavy atom. The largest absolute Gasteiger partial charge is 0.337 e. The van der Waals surface area contributed by atoms with Crippen molar-refractivity contribution in [2.45, 2.75) is 20.4 Å². The van der Waals surface area contributed by atoms with E-state index < -0.39 is 0 Å². The number of nitrogens with zero attached hydrogens (tertiary/aromatic N) is 3. The highest BCUT2D eigenvalue weighted by Crippen LogP contribution is 2.23. The van der Waals surface area contributed by atoms with E-state index in [4.69, 9.17) is 27.7 Å². The number of benzene rings is 2. The van der Waals surface area contributed by atoms with Gasteiger partial charge in [-0.05, 0) is 38.1 Å². The fraction of sp³-hybridized carbons (Fsp3) is 0.211.